The van der Waals surface area contributed by atoms with E-state index in [1.807, 2.05) is 0 Å². The van der Waals surface area contributed by atoms with Crippen molar-refractivity contribution in [3.63, 3.8) is 0 Å². The van der Waals surface area contributed by atoms with Crippen molar-refractivity contribution in [1.82, 2.24) is 4.72 Å². The highest BCUT2D eigenvalue weighted by Gasteiger charge is 2.48. The molecule has 3 aliphatic rings. The first-order valence-corrected chi connectivity index (χ1v) is 16.0. The number of unbranched alkanes of at least 4 members (excludes halogenated alkanes) is 4. The maximum Gasteiger partial charge on any atom is 0.234 e. The Balaban J connectivity index is 1.28. The third kappa shape index (κ3) is 10.2. The molecule has 2 heterocycles. The van der Waals surface area contributed by atoms with Crippen LogP contribution in [0.3, 0.4) is 0 Å². The van der Waals surface area contributed by atoms with Gasteiger partial charge in [0, 0.05) is 18.9 Å². The van der Waals surface area contributed by atoms with Gasteiger partial charge in [0.15, 0.2) is 0 Å². The molecule has 0 aromatic carbocycles. The van der Waals surface area contributed by atoms with Crippen molar-refractivity contribution in [1.29, 1.82) is 0 Å². The van der Waals surface area contributed by atoms with Crippen LogP contribution >= 0.6 is 0 Å². The summed E-state index contributed by atoms with van der Waals surface area (Å²) in [6.07, 6.45) is 21.8. The fraction of sp³-hybridized carbons (Fsp3) is 0.893. The second kappa shape index (κ2) is 15.4. The van der Waals surface area contributed by atoms with Gasteiger partial charge in [-0.25, -0.2) is 8.42 Å². The number of hydrogen-bond acceptors (Lipinski definition) is 5. The topological polar surface area (TPSA) is 81.7 Å². The quantitative estimate of drug-likeness (QED) is 0.194. The predicted octanol–water partition coefficient (Wildman–Crippen LogP) is 5.91. The lowest BCUT2D eigenvalue weighted by Gasteiger charge is -2.27. The predicted molar refractivity (Wildman–Crippen MR) is 141 cm³/mol. The van der Waals surface area contributed by atoms with Gasteiger partial charge in [0.25, 0.3) is 0 Å². The zero-order chi connectivity index (χ0) is 24.9. The molecule has 6 nitrogen and oxygen atoms in total. The molecule has 2 saturated heterocycles. The number of carbonyl (C=O) groups excluding carboxylic acids is 1. The number of nitrogens with one attached hydrogen (secondary N) is 1. The number of ether oxygens (including phenoxy) is 2. The first kappa shape index (κ1) is 28.6. The van der Waals surface area contributed by atoms with Crippen LogP contribution in [0.25, 0.3) is 0 Å². The number of rotatable bonds is 17. The van der Waals surface area contributed by atoms with Crippen molar-refractivity contribution in [3.05, 3.63) is 12.2 Å². The molecule has 0 aromatic rings. The standard InChI is InChI=1S/C28H49NO5S/c1-2-3-4-12-21-35(31,32)29-28(30)16-11-6-5-10-15-24-25(27-18-17-26(24)34-27)22-33-20-19-23-13-8-7-9-14-23/h5,10,23-27H,2-4,6-9,11-22H2,1H3,(H,29,30)/b10-5-/t24-,25+,26-,27+/m0/s1. The van der Waals surface area contributed by atoms with Gasteiger partial charge in [0.05, 0.1) is 24.6 Å². The Labute approximate surface area is 214 Å². The summed E-state index contributed by atoms with van der Waals surface area (Å²) < 4.78 is 38.6. The van der Waals surface area contributed by atoms with E-state index in [1.165, 1.54) is 38.5 Å². The van der Waals surface area contributed by atoms with Gasteiger partial charge in [-0.15, -0.1) is 0 Å². The maximum absolute atomic E-state index is 12.0. The molecule has 202 valence electrons. The minimum atomic E-state index is -3.49. The highest BCUT2D eigenvalue weighted by molar-refractivity contribution is 7.90. The summed E-state index contributed by atoms with van der Waals surface area (Å²) in [5, 5.41) is 0. The van der Waals surface area contributed by atoms with Crippen molar-refractivity contribution in [2.45, 2.75) is 122 Å². The molecule has 0 unspecified atom stereocenters. The largest absolute Gasteiger partial charge is 0.381 e. The lowest BCUT2D eigenvalue weighted by atomic mass is 9.78. The molecule has 3 fully saturated rings. The highest BCUT2D eigenvalue weighted by atomic mass is 32.2. The number of hydrogen-bond donors (Lipinski definition) is 1. The van der Waals surface area contributed by atoms with Gasteiger partial charge in [-0.1, -0.05) is 70.4 Å². The van der Waals surface area contributed by atoms with Crippen molar-refractivity contribution in [2.75, 3.05) is 19.0 Å². The number of allylic oxidation sites excluding steroid dienone is 2. The first-order chi connectivity index (χ1) is 17.0. The molecule has 3 rings (SSSR count). The first-order valence-electron chi connectivity index (χ1n) is 14.4. The second-order valence-corrected chi connectivity index (χ2v) is 12.8. The molecule has 0 radical (unpaired) electrons. The van der Waals surface area contributed by atoms with Crippen LogP contribution in [0.15, 0.2) is 12.2 Å². The van der Waals surface area contributed by atoms with E-state index in [9.17, 15) is 13.2 Å². The van der Waals surface area contributed by atoms with Crippen molar-refractivity contribution >= 4 is 15.9 Å². The zero-order valence-corrected chi connectivity index (χ0v) is 22.7. The van der Waals surface area contributed by atoms with Gasteiger partial charge >= 0.3 is 0 Å². The summed E-state index contributed by atoms with van der Waals surface area (Å²) in [4.78, 5) is 12.0. The normalized spacial score (nSPS) is 27.1. The van der Waals surface area contributed by atoms with E-state index in [1.54, 1.807) is 0 Å². The van der Waals surface area contributed by atoms with Gasteiger partial charge in [-0.2, -0.15) is 0 Å². The van der Waals surface area contributed by atoms with Gasteiger partial charge in [-0.05, 0) is 56.8 Å². The van der Waals surface area contributed by atoms with E-state index in [4.69, 9.17) is 9.47 Å². The van der Waals surface area contributed by atoms with Crippen molar-refractivity contribution < 1.29 is 22.7 Å². The van der Waals surface area contributed by atoms with Crippen LogP contribution in [0.1, 0.15) is 110 Å². The zero-order valence-electron chi connectivity index (χ0n) is 21.9. The van der Waals surface area contributed by atoms with E-state index in [2.05, 4.69) is 23.8 Å². The molecule has 2 aliphatic heterocycles. The molecule has 0 spiro atoms. The van der Waals surface area contributed by atoms with Crippen LogP contribution in [0.5, 0.6) is 0 Å². The molecule has 1 amide bonds. The molecule has 2 bridgehead atoms. The maximum atomic E-state index is 12.0. The third-order valence-corrected chi connectivity index (χ3v) is 9.55. The fourth-order valence-corrected chi connectivity index (χ4v) is 7.25. The summed E-state index contributed by atoms with van der Waals surface area (Å²) in [5.41, 5.74) is 0. The molecule has 1 aliphatic carbocycles. The molecule has 7 heteroatoms. The Bertz CT molecular complexity index is 746. The highest BCUT2D eigenvalue weighted by Crippen LogP contribution is 2.45. The Hall–Kier alpha value is -0.920. The minimum Gasteiger partial charge on any atom is -0.381 e. The van der Waals surface area contributed by atoms with Gasteiger partial charge in [0.2, 0.25) is 15.9 Å². The average Bonchev–Trinajstić information content (AvgIpc) is 3.44. The average molecular weight is 512 g/mol. The van der Waals surface area contributed by atoms with Gasteiger partial charge < -0.3 is 9.47 Å². The van der Waals surface area contributed by atoms with Crippen LogP contribution in [-0.2, 0) is 24.3 Å². The van der Waals surface area contributed by atoms with Crippen molar-refractivity contribution in [2.24, 2.45) is 17.8 Å². The lowest BCUT2D eigenvalue weighted by molar-refractivity contribution is -0.119. The number of carbonyl (C=O) groups is 1. The smallest absolute Gasteiger partial charge is 0.234 e. The Morgan fingerprint density at radius 1 is 0.971 bits per heavy atom. The van der Waals surface area contributed by atoms with Gasteiger partial charge in [0.1, 0.15) is 0 Å². The van der Waals surface area contributed by atoms with Crippen LogP contribution < -0.4 is 4.72 Å². The molecule has 1 N–H and O–H groups in total. The van der Waals surface area contributed by atoms with Crippen LogP contribution in [0, 0.1) is 17.8 Å². The summed E-state index contributed by atoms with van der Waals surface area (Å²) in [5.74, 6) is 1.54. The molecule has 35 heavy (non-hydrogen) atoms. The summed E-state index contributed by atoms with van der Waals surface area (Å²) >= 11 is 0. The number of amides is 1. The third-order valence-electron chi connectivity index (χ3n) is 8.18. The fourth-order valence-electron chi connectivity index (χ4n) is 6.12. The molecule has 1 saturated carbocycles. The second-order valence-electron chi connectivity index (χ2n) is 11.0. The van der Waals surface area contributed by atoms with Crippen LogP contribution in [-0.4, -0.2) is 45.5 Å². The number of fused-ring (bicyclic) bond motifs is 2. The van der Waals surface area contributed by atoms with Crippen LogP contribution in [0.4, 0.5) is 0 Å². The molecule has 0 aromatic heterocycles. The summed E-state index contributed by atoms with van der Waals surface area (Å²) in [7, 11) is -3.49. The van der Waals surface area contributed by atoms with Gasteiger partial charge in [-0.3, -0.25) is 9.52 Å². The Morgan fingerprint density at radius 2 is 1.74 bits per heavy atom. The van der Waals surface area contributed by atoms with E-state index < -0.39 is 10.0 Å². The van der Waals surface area contributed by atoms with E-state index in [0.29, 0.717) is 36.9 Å². The van der Waals surface area contributed by atoms with Crippen molar-refractivity contribution in [3.8, 4) is 0 Å². The SMILES string of the molecule is CCCCCCS(=O)(=O)NC(=O)CCC/C=C\C[C@H]1[C@@H](COCCC2CCCCC2)[C@H]2CC[C@@H]1O2. The monoisotopic (exact) mass is 511 g/mol. The van der Waals surface area contributed by atoms with E-state index >= 15 is 0 Å². The molecular weight excluding hydrogens is 462 g/mol. The summed E-state index contributed by atoms with van der Waals surface area (Å²) in [6, 6.07) is 0. The van der Waals surface area contributed by atoms with E-state index in [0.717, 1.165) is 64.1 Å². The lowest BCUT2D eigenvalue weighted by Crippen LogP contribution is -2.32. The minimum absolute atomic E-state index is 0.0374. The Morgan fingerprint density at radius 3 is 2.51 bits per heavy atom. The van der Waals surface area contributed by atoms with Crippen LogP contribution in [0.2, 0.25) is 0 Å². The number of sulfonamides is 1. The molecular formula is C28H49NO5S. The molecule has 4 atom stereocenters. The van der Waals surface area contributed by atoms with E-state index in [-0.39, 0.29) is 18.1 Å². The summed E-state index contributed by atoms with van der Waals surface area (Å²) in [6.45, 7) is 3.79. The Kier molecular flexibility index (Phi) is 12.6.